The quantitative estimate of drug-likeness (QED) is 0.774. The lowest BCUT2D eigenvalue weighted by Gasteiger charge is -2.00. The Balaban J connectivity index is 2.16. The second-order valence-electron chi connectivity index (χ2n) is 3.11. The van der Waals surface area contributed by atoms with Crippen LogP contribution in [0.4, 0.5) is 5.95 Å². The number of hydrogen-bond acceptors (Lipinski definition) is 3. The van der Waals surface area contributed by atoms with Gasteiger partial charge in [0.15, 0.2) is 0 Å². The summed E-state index contributed by atoms with van der Waals surface area (Å²) in [4.78, 5) is 7.88. The predicted octanol–water partition coefficient (Wildman–Crippen LogP) is 1.65. The summed E-state index contributed by atoms with van der Waals surface area (Å²) in [6, 6.07) is 10.2. The fraction of sp³-hybridized carbons (Fsp3) is 0.0909. The molecule has 0 unspecified atom stereocenters. The monoisotopic (exact) mass is 185 g/mol. The molecule has 0 radical (unpaired) electrons. The molecule has 1 aromatic heterocycles. The van der Waals surface area contributed by atoms with Crippen LogP contribution in [0.3, 0.4) is 0 Å². The third kappa shape index (κ3) is 2.07. The van der Waals surface area contributed by atoms with E-state index in [0.29, 0.717) is 5.95 Å². The van der Waals surface area contributed by atoms with E-state index in [1.807, 2.05) is 18.2 Å². The number of hydrogen-bond donors (Lipinski definition) is 1. The standard InChI is InChI=1S/C11H11N3/c12-11-13-7-10(8-14-11)6-9-4-2-1-3-5-9/h1-5,7-8H,6H2,(H2,12,13,14). The highest BCUT2D eigenvalue weighted by Crippen LogP contribution is 2.07. The van der Waals surface area contributed by atoms with E-state index in [2.05, 4.69) is 22.1 Å². The van der Waals surface area contributed by atoms with E-state index in [9.17, 15) is 0 Å². The van der Waals surface area contributed by atoms with Crippen molar-refractivity contribution in [3.05, 3.63) is 53.9 Å². The van der Waals surface area contributed by atoms with Gasteiger partial charge in [-0.1, -0.05) is 30.3 Å². The molecule has 1 aromatic carbocycles. The molecule has 0 amide bonds. The maximum Gasteiger partial charge on any atom is 0.219 e. The summed E-state index contributed by atoms with van der Waals surface area (Å²) in [5, 5.41) is 0. The lowest BCUT2D eigenvalue weighted by molar-refractivity contribution is 1.08. The average Bonchev–Trinajstić information content (AvgIpc) is 2.23. The molecule has 14 heavy (non-hydrogen) atoms. The second kappa shape index (κ2) is 3.87. The van der Waals surface area contributed by atoms with Crippen LogP contribution < -0.4 is 5.73 Å². The topological polar surface area (TPSA) is 51.8 Å². The third-order valence-electron chi connectivity index (χ3n) is 1.98. The Morgan fingerprint density at radius 2 is 1.57 bits per heavy atom. The average molecular weight is 185 g/mol. The van der Waals surface area contributed by atoms with E-state index in [0.717, 1.165) is 12.0 Å². The Bertz CT molecular complexity index is 395. The second-order valence-corrected chi connectivity index (χ2v) is 3.11. The lowest BCUT2D eigenvalue weighted by Crippen LogP contribution is -1.96. The highest BCUT2D eigenvalue weighted by Gasteiger charge is 1.96. The molecule has 2 N–H and O–H groups in total. The smallest absolute Gasteiger partial charge is 0.219 e. The van der Waals surface area contributed by atoms with Crippen molar-refractivity contribution in [3.63, 3.8) is 0 Å². The minimum absolute atomic E-state index is 0.321. The molecule has 70 valence electrons. The van der Waals surface area contributed by atoms with Gasteiger partial charge in [0.25, 0.3) is 0 Å². The molecule has 0 fully saturated rings. The van der Waals surface area contributed by atoms with Gasteiger partial charge >= 0.3 is 0 Å². The fourth-order valence-corrected chi connectivity index (χ4v) is 1.29. The number of anilines is 1. The Labute approximate surface area is 82.6 Å². The molecule has 2 rings (SSSR count). The van der Waals surface area contributed by atoms with Gasteiger partial charge in [0.05, 0.1) is 0 Å². The van der Waals surface area contributed by atoms with Crippen molar-refractivity contribution >= 4 is 5.95 Å². The van der Waals surface area contributed by atoms with Crippen LogP contribution in [-0.2, 0) is 6.42 Å². The van der Waals surface area contributed by atoms with Crippen LogP contribution in [0.25, 0.3) is 0 Å². The first-order valence-electron chi connectivity index (χ1n) is 4.45. The number of rotatable bonds is 2. The first-order chi connectivity index (χ1) is 6.84. The first-order valence-corrected chi connectivity index (χ1v) is 4.45. The molecule has 0 aliphatic rings. The Morgan fingerprint density at radius 3 is 2.21 bits per heavy atom. The molecular formula is C11H11N3. The zero-order valence-corrected chi connectivity index (χ0v) is 7.72. The molecule has 0 saturated carbocycles. The number of nitrogens with zero attached hydrogens (tertiary/aromatic N) is 2. The van der Waals surface area contributed by atoms with Gasteiger partial charge < -0.3 is 5.73 Å². The number of aromatic nitrogens is 2. The van der Waals surface area contributed by atoms with E-state index in [-0.39, 0.29) is 0 Å². The van der Waals surface area contributed by atoms with Crippen molar-refractivity contribution in [1.82, 2.24) is 9.97 Å². The largest absolute Gasteiger partial charge is 0.368 e. The van der Waals surface area contributed by atoms with Crippen LogP contribution in [0.15, 0.2) is 42.7 Å². The Kier molecular flexibility index (Phi) is 2.40. The van der Waals surface area contributed by atoms with E-state index in [1.165, 1.54) is 5.56 Å². The molecule has 3 nitrogen and oxygen atoms in total. The van der Waals surface area contributed by atoms with Gasteiger partial charge in [-0.2, -0.15) is 0 Å². The highest BCUT2D eigenvalue weighted by molar-refractivity contribution is 5.24. The zero-order valence-electron chi connectivity index (χ0n) is 7.72. The molecule has 0 bridgehead atoms. The summed E-state index contributed by atoms with van der Waals surface area (Å²) in [5.41, 5.74) is 7.72. The molecular weight excluding hydrogens is 174 g/mol. The summed E-state index contributed by atoms with van der Waals surface area (Å²) < 4.78 is 0. The van der Waals surface area contributed by atoms with Gasteiger partial charge in [-0.25, -0.2) is 9.97 Å². The van der Waals surface area contributed by atoms with Gasteiger partial charge in [-0.05, 0) is 11.1 Å². The predicted molar refractivity (Wildman–Crippen MR) is 55.7 cm³/mol. The van der Waals surface area contributed by atoms with E-state index < -0.39 is 0 Å². The maximum absolute atomic E-state index is 5.40. The molecule has 0 atom stereocenters. The summed E-state index contributed by atoms with van der Waals surface area (Å²) in [7, 11) is 0. The normalized spacial score (nSPS) is 10.0. The van der Waals surface area contributed by atoms with Crippen molar-refractivity contribution < 1.29 is 0 Å². The minimum Gasteiger partial charge on any atom is -0.368 e. The van der Waals surface area contributed by atoms with Crippen molar-refractivity contribution in [3.8, 4) is 0 Å². The van der Waals surface area contributed by atoms with Crippen LogP contribution in [0.5, 0.6) is 0 Å². The van der Waals surface area contributed by atoms with Crippen molar-refractivity contribution in [1.29, 1.82) is 0 Å². The summed E-state index contributed by atoms with van der Waals surface area (Å²) in [6.07, 6.45) is 4.37. The number of nitrogen functional groups attached to an aromatic ring is 1. The molecule has 2 aromatic rings. The highest BCUT2D eigenvalue weighted by atomic mass is 15.0. The minimum atomic E-state index is 0.321. The van der Waals surface area contributed by atoms with Crippen LogP contribution in [-0.4, -0.2) is 9.97 Å². The van der Waals surface area contributed by atoms with E-state index >= 15 is 0 Å². The molecule has 0 spiro atoms. The van der Waals surface area contributed by atoms with E-state index in [1.54, 1.807) is 12.4 Å². The van der Waals surface area contributed by atoms with Crippen LogP contribution in [0, 0.1) is 0 Å². The summed E-state index contributed by atoms with van der Waals surface area (Å²) >= 11 is 0. The Hall–Kier alpha value is -1.90. The number of benzene rings is 1. The molecule has 0 aliphatic carbocycles. The summed E-state index contributed by atoms with van der Waals surface area (Å²) in [6.45, 7) is 0. The number of nitrogens with two attached hydrogens (primary N) is 1. The van der Waals surface area contributed by atoms with Gasteiger partial charge in [0, 0.05) is 18.8 Å². The van der Waals surface area contributed by atoms with Gasteiger partial charge in [-0.15, -0.1) is 0 Å². The zero-order chi connectivity index (χ0) is 9.80. The van der Waals surface area contributed by atoms with Gasteiger partial charge in [-0.3, -0.25) is 0 Å². The van der Waals surface area contributed by atoms with Gasteiger partial charge in [0.1, 0.15) is 0 Å². The third-order valence-corrected chi connectivity index (χ3v) is 1.98. The van der Waals surface area contributed by atoms with Gasteiger partial charge in [0.2, 0.25) is 5.95 Å². The van der Waals surface area contributed by atoms with Crippen molar-refractivity contribution in [2.24, 2.45) is 0 Å². The van der Waals surface area contributed by atoms with Crippen LogP contribution in [0.2, 0.25) is 0 Å². The molecule has 3 heteroatoms. The molecule has 0 saturated heterocycles. The molecule has 0 aliphatic heterocycles. The SMILES string of the molecule is Nc1ncc(Cc2ccccc2)cn1. The first kappa shape index (κ1) is 8.69. The Morgan fingerprint density at radius 1 is 0.929 bits per heavy atom. The summed E-state index contributed by atoms with van der Waals surface area (Å²) in [5.74, 6) is 0.321. The lowest BCUT2D eigenvalue weighted by atomic mass is 10.1. The van der Waals surface area contributed by atoms with Crippen LogP contribution >= 0.6 is 0 Å². The maximum atomic E-state index is 5.40. The fourth-order valence-electron chi connectivity index (χ4n) is 1.29. The van der Waals surface area contributed by atoms with E-state index in [4.69, 9.17) is 5.73 Å². The van der Waals surface area contributed by atoms with Crippen LogP contribution in [0.1, 0.15) is 11.1 Å². The van der Waals surface area contributed by atoms with Crippen molar-refractivity contribution in [2.75, 3.05) is 5.73 Å². The van der Waals surface area contributed by atoms with Crippen molar-refractivity contribution in [2.45, 2.75) is 6.42 Å². The molecule has 1 heterocycles.